The molecule has 1 atom stereocenters. The first-order valence-corrected chi connectivity index (χ1v) is 16.0. The first kappa shape index (κ1) is 30.4. The Morgan fingerprint density at radius 1 is 1.14 bits per heavy atom. The van der Waals surface area contributed by atoms with Gasteiger partial charge in [-0.1, -0.05) is 42.3 Å². The van der Waals surface area contributed by atoms with Gasteiger partial charge < -0.3 is 19.9 Å². The number of pyridine rings is 1. The third-order valence-electron chi connectivity index (χ3n) is 7.59. The van der Waals surface area contributed by atoms with Crippen LogP contribution in [0.25, 0.3) is 11.1 Å². The van der Waals surface area contributed by atoms with Crippen molar-refractivity contribution in [3.63, 3.8) is 0 Å². The number of aromatic nitrogens is 1. The highest BCUT2D eigenvalue weighted by Crippen LogP contribution is 2.53. The number of benzene rings is 2. The standard InChI is InChI=1S/C31H36ClN3O6S/c1-39-30(36)28(33)7-4-5-16-35-42(37,38)23-12-9-21(27(32)18-23)20-40-31(14-15-31)26-19-34-17-13-24(26)25-6-2-3-8-29(25)41-22-10-11-22/h2-3,6,8-9,12-13,17-19,22,28,35H,4-5,7,10-11,14-16,20,33H2,1H3. The van der Waals surface area contributed by atoms with Gasteiger partial charge in [0.05, 0.1) is 30.3 Å². The maximum Gasteiger partial charge on any atom is 0.322 e. The van der Waals surface area contributed by atoms with Crippen molar-refractivity contribution in [2.75, 3.05) is 13.7 Å². The van der Waals surface area contributed by atoms with Gasteiger partial charge in [-0.25, -0.2) is 13.1 Å². The van der Waals surface area contributed by atoms with E-state index in [1.54, 1.807) is 12.3 Å². The van der Waals surface area contributed by atoms with Crippen LogP contribution in [0.1, 0.15) is 56.1 Å². The van der Waals surface area contributed by atoms with Gasteiger partial charge in [-0.2, -0.15) is 0 Å². The van der Waals surface area contributed by atoms with Crippen molar-refractivity contribution >= 4 is 27.6 Å². The molecule has 11 heteroatoms. The van der Waals surface area contributed by atoms with E-state index in [0.717, 1.165) is 48.1 Å². The molecule has 2 aliphatic carbocycles. The zero-order valence-corrected chi connectivity index (χ0v) is 25.1. The van der Waals surface area contributed by atoms with Crippen molar-refractivity contribution < 1.29 is 27.4 Å². The number of ether oxygens (including phenoxy) is 3. The molecule has 2 fully saturated rings. The number of unbranched alkanes of at least 4 members (excludes halogenated alkanes) is 1. The Morgan fingerprint density at radius 2 is 1.93 bits per heavy atom. The first-order chi connectivity index (χ1) is 20.2. The first-order valence-electron chi connectivity index (χ1n) is 14.2. The van der Waals surface area contributed by atoms with Crippen molar-refractivity contribution in [3.05, 3.63) is 77.1 Å². The summed E-state index contributed by atoms with van der Waals surface area (Å²) in [7, 11) is -2.47. The molecular formula is C31H36ClN3O6S. The smallest absolute Gasteiger partial charge is 0.322 e. The van der Waals surface area contributed by atoms with E-state index in [4.69, 9.17) is 26.8 Å². The average molecular weight is 614 g/mol. The van der Waals surface area contributed by atoms with Crippen LogP contribution in [0.2, 0.25) is 5.02 Å². The topological polar surface area (TPSA) is 130 Å². The van der Waals surface area contributed by atoms with Gasteiger partial charge >= 0.3 is 5.97 Å². The van der Waals surface area contributed by atoms with E-state index in [9.17, 15) is 13.2 Å². The number of para-hydroxylation sites is 1. The van der Waals surface area contributed by atoms with Crippen LogP contribution in [-0.2, 0) is 36.5 Å². The molecule has 2 aliphatic rings. The van der Waals surface area contributed by atoms with Crippen molar-refractivity contribution in [1.29, 1.82) is 0 Å². The van der Waals surface area contributed by atoms with Crippen LogP contribution in [0.4, 0.5) is 0 Å². The minimum Gasteiger partial charge on any atom is -0.490 e. The maximum atomic E-state index is 12.8. The molecule has 0 amide bonds. The summed E-state index contributed by atoms with van der Waals surface area (Å²) in [4.78, 5) is 15.9. The number of hydrogen-bond donors (Lipinski definition) is 2. The molecule has 5 rings (SSSR count). The van der Waals surface area contributed by atoms with Crippen LogP contribution in [0.15, 0.2) is 65.8 Å². The fourth-order valence-electron chi connectivity index (χ4n) is 4.83. The van der Waals surface area contributed by atoms with E-state index < -0.39 is 27.6 Å². The molecule has 42 heavy (non-hydrogen) atoms. The van der Waals surface area contributed by atoms with Gasteiger partial charge in [-0.15, -0.1) is 0 Å². The lowest BCUT2D eigenvalue weighted by atomic mass is 9.96. The molecule has 3 aromatic rings. The van der Waals surface area contributed by atoms with E-state index in [1.165, 1.54) is 19.2 Å². The summed E-state index contributed by atoms with van der Waals surface area (Å²) in [5, 5.41) is 0.312. The second kappa shape index (κ2) is 13.1. The molecule has 0 saturated heterocycles. The van der Waals surface area contributed by atoms with E-state index in [2.05, 4.69) is 20.5 Å². The van der Waals surface area contributed by atoms with Crippen molar-refractivity contribution in [1.82, 2.24) is 9.71 Å². The summed E-state index contributed by atoms with van der Waals surface area (Å²) >= 11 is 6.54. The van der Waals surface area contributed by atoms with Gasteiger partial charge in [0.2, 0.25) is 10.0 Å². The number of carbonyl (C=O) groups is 1. The number of nitrogens with zero attached hydrogens (tertiary/aromatic N) is 1. The van der Waals surface area contributed by atoms with Gasteiger partial charge in [0.25, 0.3) is 0 Å². The number of methoxy groups -OCH3 is 1. The van der Waals surface area contributed by atoms with E-state index in [1.807, 2.05) is 30.5 Å². The van der Waals surface area contributed by atoms with Crippen LogP contribution in [-0.4, -0.2) is 45.2 Å². The molecule has 1 heterocycles. The number of nitrogens with two attached hydrogens (primary N) is 1. The maximum absolute atomic E-state index is 12.8. The monoisotopic (exact) mass is 613 g/mol. The molecule has 9 nitrogen and oxygen atoms in total. The summed E-state index contributed by atoms with van der Waals surface area (Å²) in [5.41, 5.74) is 8.97. The fraction of sp³-hybridized carbons (Fsp3) is 0.419. The number of rotatable bonds is 15. The Kier molecular flexibility index (Phi) is 9.49. The molecule has 1 aromatic heterocycles. The molecule has 2 saturated carbocycles. The Morgan fingerprint density at radius 3 is 2.64 bits per heavy atom. The highest BCUT2D eigenvalue weighted by atomic mass is 35.5. The van der Waals surface area contributed by atoms with Crippen LogP contribution in [0, 0.1) is 0 Å². The molecule has 0 spiro atoms. The van der Waals surface area contributed by atoms with Crippen LogP contribution >= 0.6 is 11.6 Å². The van der Waals surface area contributed by atoms with Gasteiger partial charge in [0.1, 0.15) is 11.8 Å². The Hall–Kier alpha value is -3.02. The predicted octanol–water partition coefficient (Wildman–Crippen LogP) is 5.10. The molecule has 0 bridgehead atoms. The van der Waals surface area contributed by atoms with Crippen LogP contribution in [0.3, 0.4) is 0 Å². The minimum absolute atomic E-state index is 0.0745. The third kappa shape index (κ3) is 7.30. The lowest BCUT2D eigenvalue weighted by Crippen LogP contribution is -2.31. The van der Waals surface area contributed by atoms with Crippen molar-refractivity contribution in [2.24, 2.45) is 5.73 Å². The van der Waals surface area contributed by atoms with E-state index >= 15 is 0 Å². The predicted molar refractivity (Wildman–Crippen MR) is 160 cm³/mol. The zero-order valence-electron chi connectivity index (χ0n) is 23.6. The Bertz CT molecular complexity index is 1520. The molecule has 0 aliphatic heterocycles. The average Bonchev–Trinajstić information content (AvgIpc) is 3.93. The summed E-state index contributed by atoms with van der Waals surface area (Å²) < 4.78 is 45.5. The number of sulfonamides is 1. The van der Waals surface area contributed by atoms with Crippen LogP contribution < -0.4 is 15.2 Å². The van der Waals surface area contributed by atoms with Crippen molar-refractivity contribution in [3.8, 4) is 16.9 Å². The molecule has 3 N–H and O–H groups in total. The molecular weight excluding hydrogens is 578 g/mol. The summed E-state index contributed by atoms with van der Waals surface area (Å²) in [6.07, 6.45) is 9.29. The number of nitrogens with one attached hydrogen (secondary N) is 1. The largest absolute Gasteiger partial charge is 0.490 e. The SMILES string of the molecule is COC(=O)C(N)CCCCNS(=O)(=O)c1ccc(COC2(c3cnccc3-c3ccccc3OC3CC3)CC2)c(Cl)c1. The summed E-state index contributed by atoms with van der Waals surface area (Å²) in [5.74, 6) is 0.382. The second-order valence-corrected chi connectivity index (χ2v) is 13.0. The minimum atomic E-state index is -3.76. The lowest BCUT2D eigenvalue weighted by Gasteiger charge is -2.22. The Labute approximate surface area is 251 Å². The van der Waals surface area contributed by atoms with Gasteiger partial charge in [-0.3, -0.25) is 9.78 Å². The molecule has 1 unspecified atom stereocenters. The second-order valence-electron chi connectivity index (χ2n) is 10.8. The van der Waals surface area contributed by atoms with E-state index in [-0.39, 0.29) is 24.2 Å². The summed E-state index contributed by atoms with van der Waals surface area (Å²) in [6.45, 7) is 0.436. The highest BCUT2D eigenvalue weighted by Gasteiger charge is 2.47. The van der Waals surface area contributed by atoms with Crippen molar-refractivity contribution in [2.45, 2.75) is 74.2 Å². The van der Waals surface area contributed by atoms with Gasteiger partial charge in [0, 0.05) is 35.1 Å². The number of carbonyl (C=O) groups excluding carboxylic acids is 1. The molecule has 0 radical (unpaired) electrons. The van der Waals surface area contributed by atoms with E-state index in [0.29, 0.717) is 29.8 Å². The lowest BCUT2D eigenvalue weighted by molar-refractivity contribution is -0.142. The number of hydrogen-bond acceptors (Lipinski definition) is 8. The molecule has 2 aromatic carbocycles. The number of halogens is 1. The molecule has 224 valence electrons. The van der Waals surface area contributed by atoms with Crippen LogP contribution in [0.5, 0.6) is 5.75 Å². The normalized spacial score (nSPS) is 16.5. The van der Waals surface area contributed by atoms with Gasteiger partial charge in [-0.05, 0) is 73.9 Å². The highest BCUT2D eigenvalue weighted by molar-refractivity contribution is 7.89. The number of esters is 1. The Balaban J connectivity index is 1.21. The quantitative estimate of drug-likeness (QED) is 0.179. The van der Waals surface area contributed by atoms with Gasteiger partial charge in [0.15, 0.2) is 0 Å². The third-order valence-corrected chi connectivity index (χ3v) is 9.40. The summed E-state index contributed by atoms with van der Waals surface area (Å²) in [6, 6.07) is 14.0. The fourth-order valence-corrected chi connectivity index (χ4v) is 6.23. The zero-order chi connectivity index (χ0) is 29.7.